The van der Waals surface area contributed by atoms with Crippen LogP contribution in [0, 0.1) is 5.92 Å². The zero-order chi connectivity index (χ0) is 23.6. The largest absolute Gasteiger partial charge is 0.378 e. The summed E-state index contributed by atoms with van der Waals surface area (Å²) in [4.78, 5) is 56.1. The van der Waals surface area contributed by atoms with Crippen LogP contribution >= 0.6 is 0 Å². The van der Waals surface area contributed by atoms with Crippen LogP contribution in [0.25, 0.3) is 0 Å². The van der Waals surface area contributed by atoms with Gasteiger partial charge in [-0.05, 0) is 43.0 Å². The number of nitrogens with one attached hydrogen (secondary N) is 1. The summed E-state index contributed by atoms with van der Waals surface area (Å²) in [5, 5.41) is 2.87. The zero-order valence-electron chi connectivity index (χ0n) is 19.2. The second-order valence-corrected chi connectivity index (χ2v) is 9.12. The molecule has 2 saturated heterocycles. The highest BCUT2D eigenvalue weighted by Gasteiger charge is 2.51. The van der Waals surface area contributed by atoms with Gasteiger partial charge in [-0.1, -0.05) is 13.8 Å². The summed E-state index contributed by atoms with van der Waals surface area (Å²) in [7, 11) is 3.84. The second-order valence-electron chi connectivity index (χ2n) is 9.12. The van der Waals surface area contributed by atoms with E-state index in [4.69, 9.17) is 5.73 Å². The predicted octanol–water partition coefficient (Wildman–Crippen LogP) is 0.237. The molecule has 0 radical (unpaired) electrons. The Morgan fingerprint density at radius 3 is 2.38 bits per heavy atom. The summed E-state index contributed by atoms with van der Waals surface area (Å²) < 4.78 is 0. The smallest absolute Gasteiger partial charge is 0.251 e. The number of ketones is 1. The number of amides is 3. The first kappa shape index (κ1) is 23.7. The van der Waals surface area contributed by atoms with Crippen LogP contribution in [0.3, 0.4) is 0 Å². The Hall–Kier alpha value is -2.94. The van der Waals surface area contributed by atoms with Gasteiger partial charge in [-0.15, -0.1) is 0 Å². The van der Waals surface area contributed by atoms with Gasteiger partial charge in [0.15, 0.2) is 5.78 Å². The molecule has 3 N–H and O–H groups in total. The molecule has 2 fully saturated rings. The van der Waals surface area contributed by atoms with Crippen molar-refractivity contribution in [3.8, 4) is 0 Å². The molecule has 0 aliphatic carbocycles. The maximum atomic E-state index is 13.4. The van der Waals surface area contributed by atoms with E-state index in [0.717, 1.165) is 5.69 Å². The first-order chi connectivity index (χ1) is 15.1. The molecular formula is C23H33N5O4. The summed E-state index contributed by atoms with van der Waals surface area (Å²) in [5.41, 5.74) is 6.91. The van der Waals surface area contributed by atoms with E-state index in [0.29, 0.717) is 24.9 Å². The maximum Gasteiger partial charge on any atom is 0.251 e. The van der Waals surface area contributed by atoms with Crippen LogP contribution in [-0.4, -0.2) is 85.2 Å². The van der Waals surface area contributed by atoms with Gasteiger partial charge in [0.2, 0.25) is 11.8 Å². The van der Waals surface area contributed by atoms with Crippen molar-refractivity contribution in [3.63, 3.8) is 0 Å². The number of anilines is 1. The molecule has 2 aliphatic rings. The molecule has 174 valence electrons. The van der Waals surface area contributed by atoms with Crippen molar-refractivity contribution in [2.24, 2.45) is 11.7 Å². The van der Waals surface area contributed by atoms with Crippen LogP contribution in [0.2, 0.25) is 0 Å². The number of likely N-dealkylation sites (tertiary alicyclic amines) is 2. The van der Waals surface area contributed by atoms with Crippen molar-refractivity contribution in [1.82, 2.24) is 15.1 Å². The fraction of sp³-hybridized carbons (Fsp3) is 0.565. The van der Waals surface area contributed by atoms with E-state index in [1.165, 1.54) is 4.90 Å². The normalized spacial score (nSPS) is 21.0. The number of benzene rings is 1. The molecule has 2 heterocycles. The van der Waals surface area contributed by atoms with Crippen LogP contribution < -0.4 is 16.0 Å². The van der Waals surface area contributed by atoms with Gasteiger partial charge in [-0.3, -0.25) is 19.2 Å². The van der Waals surface area contributed by atoms with Crippen molar-refractivity contribution >= 4 is 29.2 Å². The number of carbonyl (C=O) groups excluding carboxylic acids is 4. The first-order valence-electron chi connectivity index (χ1n) is 11.0. The lowest BCUT2D eigenvalue weighted by Gasteiger charge is -2.29. The Morgan fingerprint density at radius 1 is 1.16 bits per heavy atom. The third kappa shape index (κ3) is 4.77. The number of rotatable bonds is 7. The van der Waals surface area contributed by atoms with Crippen molar-refractivity contribution in [2.45, 2.75) is 44.8 Å². The molecule has 3 atom stereocenters. The average molecular weight is 444 g/mol. The number of hydrogen-bond acceptors (Lipinski definition) is 6. The van der Waals surface area contributed by atoms with E-state index in [2.05, 4.69) is 5.32 Å². The zero-order valence-corrected chi connectivity index (χ0v) is 19.2. The first-order valence-corrected chi connectivity index (χ1v) is 11.0. The van der Waals surface area contributed by atoms with Crippen LogP contribution in [0.15, 0.2) is 24.3 Å². The van der Waals surface area contributed by atoms with Crippen molar-refractivity contribution < 1.29 is 19.2 Å². The lowest BCUT2D eigenvalue weighted by Crippen LogP contribution is -2.53. The Balaban J connectivity index is 1.76. The second kappa shape index (κ2) is 9.68. The number of nitrogens with two attached hydrogens (primary N) is 1. The number of nitrogens with zero attached hydrogens (tertiary/aromatic N) is 3. The number of Topliss-reactive ketones (excluding diaryl/α,β-unsaturated/α-hetero) is 1. The maximum absolute atomic E-state index is 13.4. The molecule has 9 heteroatoms. The van der Waals surface area contributed by atoms with Gasteiger partial charge in [0.1, 0.15) is 12.1 Å². The molecule has 3 amide bonds. The fourth-order valence-corrected chi connectivity index (χ4v) is 4.55. The lowest BCUT2D eigenvalue weighted by molar-refractivity contribution is -0.138. The molecule has 1 aromatic carbocycles. The third-order valence-electron chi connectivity index (χ3n) is 6.16. The number of fused-ring (bicyclic) bond motifs is 1. The topological polar surface area (TPSA) is 116 Å². The predicted molar refractivity (Wildman–Crippen MR) is 121 cm³/mol. The van der Waals surface area contributed by atoms with Crippen LogP contribution in [0.1, 0.15) is 37.0 Å². The van der Waals surface area contributed by atoms with Gasteiger partial charge in [-0.2, -0.15) is 0 Å². The standard InChI is InChI=1S/C23H33N5O4/c1-14(2)11-17(25-22(31)15-5-7-16(8-6-15)26(3)4)23(32)27-10-9-18-21(27)19(29)13-28(18)20(30)12-24/h5-8,14,17-18,21H,9-13,24H2,1-4H3,(H,25,31)/t17-,18?,21?/m0/s1. The van der Waals surface area contributed by atoms with E-state index in [9.17, 15) is 19.2 Å². The fourth-order valence-electron chi connectivity index (χ4n) is 4.55. The highest BCUT2D eigenvalue weighted by atomic mass is 16.2. The van der Waals surface area contributed by atoms with E-state index in [1.807, 2.05) is 45.0 Å². The van der Waals surface area contributed by atoms with Crippen LogP contribution in [-0.2, 0) is 14.4 Å². The summed E-state index contributed by atoms with van der Waals surface area (Å²) in [6, 6.07) is 5.40. The van der Waals surface area contributed by atoms with Crippen LogP contribution in [0.4, 0.5) is 5.69 Å². The highest BCUT2D eigenvalue weighted by molar-refractivity contribution is 6.01. The summed E-state index contributed by atoms with van der Waals surface area (Å²) >= 11 is 0. The molecule has 1 aromatic rings. The summed E-state index contributed by atoms with van der Waals surface area (Å²) in [5.74, 6) is -0.888. The summed E-state index contributed by atoms with van der Waals surface area (Å²) in [6.45, 7) is 4.15. The van der Waals surface area contributed by atoms with E-state index in [-0.39, 0.29) is 48.6 Å². The van der Waals surface area contributed by atoms with Crippen molar-refractivity contribution in [3.05, 3.63) is 29.8 Å². The molecule has 0 aromatic heterocycles. The molecular weight excluding hydrogens is 410 g/mol. The number of carbonyl (C=O) groups is 4. The molecule has 0 spiro atoms. The van der Waals surface area contributed by atoms with Crippen molar-refractivity contribution in [2.75, 3.05) is 38.6 Å². The van der Waals surface area contributed by atoms with Gasteiger partial charge in [-0.25, -0.2) is 0 Å². The average Bonchev–Trinajstić information content (AvgIpc) is 3.33. The summed E-state index contributed by atoms with van der Waals surface area (Å²) in [6.07, 6.45) is 0.982. The monoisotopic (exact) mass is 443 g/mol. The SMILES string of the molecule is CC(C)C[C@H](NC(=O)c1ccc(N(C)C)cc1)C(=O)N1CCC2C1C(=O)CN2C(=O)CN. The Labute approximate surface area is 188 Å². The molecule has 0 saturated carbocycles. The third-order valence-corrected chi connectivity index (χ3v) is 6.16. The highest BCUT2D eigenvalue weighted by Crippen LogP contribution is 2.30. The van der Waals surface area contributed by atoms with Gasteiger partial charge in [0.05, 0.1) is 19.1 Å². The Bertz CT molecular complexity index is 883. The Kier molecular flexibility index (Phi) is 7.18. The molecule has 0 bridgehead atoms. The molecule has 9 nitrogen and oxygen atoms in total. The van der Waals surface area contributed by atoms with Gasteiger partial charge in [0, 0.05) is 31.9 Å². The van der Waals surface area contributed by atoms with E-state index >= 15 is 0 Å². The Morgan fingerprint density at radius 2 is 1.81 bits per heavy atom. The molecule has 3 rings (SSSR count). The quantitative estimate of drug-likeness (QED) is 0.624. The number of hydrogen-bond donors (Lipinski definition) is 2. The lowest BCUT2D eigenvalue weighted by atomic mass is 10.0. The van der Waals surface area contributed by atoms with Gasteiger partial charge in [0.25, 0.3) is 5.91 Å². The molecule has 32 heavy (non-hydrogen) atoms. The van der Waals surface area contributed by atoms with Crippen molar-refractivity contribution in [1.29, 1.82) is 0 Å². The molecule has 2 aliphatic heterocycles. The molecule has 2 unspecified atom stereocenters. The minimum absolute atomic E-state index is 0.0193. The van der Waals surface area contributed by atoms with E-state index in [1.54, 1.807) is 17.0 Å². The van der Waals surface area contributed by atoms with Gasteiger partial charge < -0.3 is 25.8 Å². The van der Waals surface area contributed by atoms with Gasteiger partial charge >= 0.3 is 0 Å². The minimum atomic E-state index is -0.748. The minimum Gasteiger partial charge on any atom is -0.378 e. The van der Waals surface area contributed by atoms with Crippen LogP contribution in [0.5, 0.6) is 0 Å². The van der Waals surface area contributed by atoms with E-state index < -0.39 is 12.1 Å².